The van der Waals surface area contributed by atoms with Crippen LogP contribution >= 0.6 is 0 Å². The quantitative estimate of drug-likeness (QED) is 0.306. The largest absolute Gasteiger partial charge is 0.458 e. The molecule has 0 aromatic heterocycles. The summed E-state index contributed by atoms with van der Waals surface area (Å²) in [6, 6.07) is 0. The van der Waals surface area contributed by atoms with Crippen molar-refractivity contribution in [2.24, 2.45) is 34.5 Å². The van der Waals surface area contributed by atoms with Gasteiger partial charge in [0.1, 0.15) is 17.8 Å². The van der Waals surface area contributed by atoms with Gasteiger partial charge in [-0.05, 0) is 36.7 Å². The number of allylic oxidation sites excluding steroid dienone is 1. The average Bonchev–Trinajstić information content (AvgIpc) is 3.25. The van der Waals surface area contributed by atoms with Crippen LogP contribution in [0.4, 0.5) is 0 Å². The van der Waals surface area contributed by atoms with Gasteiger partial charge in [0, 0.05) is 34.8 Å². The second-order valence-corrected chi connectivity index (χ2v) is 9.93. The van der Waals surface area contributed by atoms with E-state index in [1.807, 2.05) is 19.9 Å². The van der Waals surface area contributed by atoms with Gasteiger partial charge in [0.05, 0.1) is 6.10 Å². The molecule has 1 aliphatic heterocycles. The third-order valence-corrected chi connectivity index (χ3v) is 9.22. The number of aliphatic hydroxyl groups is 4. The lowest BCUT2D eigenvalue weighted by atomic mass is 9.44. The van der Waals surface area contributed by atoms with Gasteiger partial charge in [-0.15, -0.1) is 12.3 Å². The molecule has 2 fully saturated rings. The van der Waals surface area contributed by atoms with Gasteiger partial charge in [0.15, 0.2) is 0 Å². The highest BCUT2D eigenvalue weighted by Crippen LogP contribution is 2.76. The summed E-state index contributed by atoms with van der Waals surface area (Å²) in [4.78, 5) is 12.1. The summed E-state index contributed by atoms with van der Waals surface area (Å²) in [6.07, 6.45) is 9.28. The summed E-state index contributed by atoms with van der Waals surface area (Å²) in [5.41, 5.74) is -3.45. The van der Waals surface area contributed by atoms with Crippen molar-refractivity contribution >= 4 is 5.97 Å². The van der Waals surface area contributed by atoms with Crippen molar-refractivity contribution in [1.29, 1.82) is 0 Å². The van der Waals surface area contributed by atoms with E-state index in [1.165, 1.54) is 0 Å². The lowest BCUT2D eigenvalue weighted by molar-refractivity contribution is -0.283. The van der Waals surface area contributed by atoms with Gasteiger partial charge < -0.3 is 25.2 Å². The highest BCUT2D eigenvalue weighted by molar-refractivity contribution is 5.92. The zero-order valence-electron chi connectivity index (χ0n) is 16.8. The van der Waals surface area contributed by atoms with Gasteiger partial charge in [-0.2, -0.15) is 0 Å². The molecule has 6 heteroatoms. The number of carbonyl (C=O) groups is 1. The van der Waals surface area contributed by atoms with Crippen molar-refractivity contribution in [2.75, 3.05) is 13.2 Å². The number of terminal acetylenes is 1. The van der Waals surface area contributed by atoms with Crippen molar-refractivity contribution < 1.29 is 30.0 Å². The molecular weight excluding hydrogens is 372 g/mol. The Morgan fingerprint density at radius 3 is 2.76 bits per heavy atom. The summed E-state index contributed by atoms with van der Waals surface area (Å²) in [7, 11) is 0. The number of ether oxygens (including phenoxy) is 1. The lowest BCUT2D eigenvalue weighted by Crippen LogP contribution is -2.75. The number of rotatable bonds is 2. The molecule has 0 spiro atoms. The van der Waals surface area contributed by atoms with Crippen LogP contribution in [0.25, 0.3) is 0 Å². The molecule has 0 radical (unpaired) electrons. The van der Waals surface area contributed by atoms with E-state index in [9.17, 15) is 25.2 Å². The fourth-order valence-corrected chi connectivity index (χ4v) is 7.42. The van der Waals surface area contributed by atoms with Gasteiger partial charge in [-0.25, -0.2) is 4.79 Å². The molecule has 0 amide bonds. The van der Waals surface area contributed by atoms with Crippen LogP contribution < -0.4 is 0 Å². The third kappa shape index (κ3) is 1.83. The van der Waals surface area contributed by atoms with Crippen LogP contribution in [0.1, 0.15) is 33.1 Å². The van der Waals surface area contributed by atoms with E-state index in [2.05, 4.69) is 5.92 Å². The third-order valence-electron chi connectivity index (χ3n) is 9.22. The van der Waals surface area contributed by atoms with Crippen LogP contribution in [0.2, 0.25) is 0 Å². The Bertz CT molecular complexity index is 900. The highest BCUT2D eigenvalue weighted by atomic mass is 16.5. The van der Waals surface area contributed by atoms with Crippen LogP contribution in [0.15, 0.2) is 23.3 Å². The Balaban J connectivity index is 1.67. The molecule has 1 heterocycles. The Kier molecular flexibility index (Phi) is 3.68. The van der Waals surface area contributed by atoms with Gasteiger partial charge in [0.25, 0.3) is 0 Å². The van der Waals surface area contributed by atoms with Crippen LogP contribution in [-0.4, -0.2) is 56.9 Å². The summed E-state index contributed by atoms with van der Waals surface area (Å²) in [5, 5.41) is 45.1. The zero-order valence-corrected chi connectivity index (χ0v) is 16.8. The average molecular weight is 400 g/mol. The number of hydrogen-bond donors (Lipinski definition) is 4. The molecule has 0 aromatic rings. The van der Waals surface area contributed by atoms with E-state index in [1.54, 1.807) is 6.08 Å². The van der Waals surface area contributed by atoms with Crippen molar-refractivity contribution in [2.45, 2.75) is 50.4 Å². The number of esters is 1. The molecule has 9 atom stereocenters. The summed E-state index contributed by atoms with van der Waals surface area (Å²) >= 11 is 0. The predicted molar refractivity (Wildman–Crippen MR) is 103 cm³/mol. The topological polar surface area (TPSA) is 107 Å². The van der Waals surface area contributed by atoms with E-state index in [0.29, 0.717) is 18.4 Å². The van der Waals surface area contributed by atoms with Crippen molar-refractivity contribution in [3.05, 3.63) is 23.3 Å². The zero-order chi connectivity index (χ0) is 21.0. The van der Waals surface area contributed by atoms with Crippen LogP contribution in [0.5, 0.6) is 0 Å². The highest BCUT2D eigenvalue weighted by Gasteiger charge is 2.83. The SMILES string of the molecule is C#C[C@H]1[C@@H]2[C@]1(C(C)CO)C=C[C@]1(O)[C@@]2(O)[C@H](O)C[C@H]2C3=C(CC[C@@]21C)C(=O)OC3. The lowest BCUT2D eigenvalue weighted by Gasteiger charge is -2.64. The van der Waals surface area contributed by atoms with Gasteiger partial charge in [0.2, 0.25) is 0 Å². The van der Waals surface area contributed by atoms with E-state index < -0.39 is 34.1 Å². The van der Waals surface area contributed by atoms with Gasteiger partial charge >= 0.3 is 5.97 Å². The van der Waals surface area contributed by atoms with Crippen molar-refractivity contribution in [3.8, 4) is 12.3 Å². The van der Waals surface area contributed by atoms with E-state index >= 15 is 0 Å². The molecule has 0 aromatic carbocycles. The fraction of sp³-hybridized carbons (Fsp3) is 0.696. The van der Waals surface area contributed by atoms with Crippen LogP contribution in [0.3, 0.4) is 0 Å². The smallest absolute Gasteiger partial charge is 0.334 e. The standard InChI is InChI=1S/C23H28O6/c1-4-15-18-21(15,12(2)10-24)7-8-22(27)20(3)6-5-13-14(11-29-19(13)26)16(20)9-17(25)23(18,22)28/h1,7-8,12,15-18,24-25,27-28H,5-6,9-11H2,2-3H3/t12?,15-,16-,17+,18+,20-,21-,22+,23+/m0/s1. The normalized spacial score (nSPS) is 53.2. The maximum atomic E-state index is 12.1. The first-order chi connectivity index (χ1) is 13.6. The number of carbonyl (C=O) groups excluding carboxylic acids is 1. The summed E-state index contributed by atoms with van der Waals surface area (Å²) in [6.45, 7) is 3.89. The summed E-state index contributed by atoms with van der Waals surface area (Å²) in [5.74, 6) is 1.04. The minimum absolute atomic E-state index is 0.0980. The van der Waals surface area contributed by atoms with E-state index in [0.717, 1.165) is 5.57 Å². The molecule has 1 unspecified atom stereocenters. The predicted octanol–water partition coefficient (Wildman–Crippen LogP) is 0.547. The van der Waals surface area contributed by atoms with E-state index in [-0.39, 0.29) is 43.4 Å². The Labute approximate surface area is 170 Å². The fourth-order valence-electron chi connectivity index (χ4n) is 7.42. The van der Waals surface area contributed by atoms with Crippen molar-refractivity contribution in [1.82, 2.24) is 0 Å². The minimum Gasteiger partial charge on any atom is -0.458 e. The second kappa shape index (κ2) is 5.53. The maximum Gasteiger partial charge on any atom is 0.334 e. The molecule has 156 valence electrons. The maximum absolute atomic E-state index is 12.1. The molecular formula is C23H28O6. The minimum atomic E-state index is -1.82. The first-order valence-electron chi connectivity index (χ1n) is 10.4. The Morgan fingerprint density at radius 2 is 2.10 bits per heavy atom. The number of aliphatic hydroxyl groups excluding tert-OH is 2. The molecule has 29 heavy (non-hydrogen) atoms. The number of hydrogen-bond acceptors (Lipinski definition) is 6. The monoisotopic (exact) mass is 400 g/mol. The molecule has 4 aliphatic carbocycles. The second-order valence-electron chi connectivity index (χ2n) is 9.93. The number of cyclic esters (lactones) is 1. The van der Waals surface area contributed by atoms with Crippen molar-refractivity contribution in [3.63, 3.8) is 0 Å². The molecule has 5 rings (SSSR count). The Hall–Kier alpha value is -1.65. The van der Waals surface area contributed by atoms with E-state index in [4.69, 9.17) is 11.2 Å². The summed E-state index contributed by atoms with van der Waals surface area (Å²) < 4.78 is 5.24. The molecule has 6 nitrogen and oxygen atoms in total. The van der Waals surface area contributed by atoms with Gasteiger partial charge in [-0.1, -0.05) is 26.0 Å². The molecule has 2 saturated carbocycles. The van der Waals surface area contributed by atoms with Crippen LogP contribution in [-0.2, 0) is 9.53 Å². The number of fused-ring (bicyclic) bond motifs is 6. The molecule has 0 bridgehead atoms. The van der Waals surface area contributed by atoms with Gasteiger partial charge in [-0.3, -0.25) is 0 Å². The molecule has 5 aliphatic rings. The Morgan fingerprint density at radius 1 is 1.38 bits per heavy atom. The first-order valence-corrected chi connectivity index (χ1v) is 10.4. The van der Waals surface area contributed by atoms with Crippen LogP contribution in [0, 0.1) is 46.8 Å². The first kappa shape index (κ1) is 19.3. The molecule has 0 saturated heterocycles. The molecule has 4 N–H and O–H groups in total.